The van der Waals surface area contributed by atoms with E-state index in [2.05, 4.69) is 4.74 Å². The van der Waals surface area contributed by atoms with E-state index in [1.807, 2.05) is 39.0 Å². The van der Waals surface area contributed by atoms with Crippen molar-refractivity contribution in [3.05, 3.63) is 35.9 Å². The Bertz CT molecular complexity index is 668. The molecule has 6 heteroatoms. The van der Waals surface area contributed by atoms with Crippen molar-refractivity contribution in [1.29, 1.82) is 0 Å². The van der Waals surface area contributed by atoms with Crippen LogP contribution in [-0.4, -0.2) is 23.7 Å². The maximum atomic E-state index is 12.4. The Labute approximate surface area is 153 Å². The van der Waals surface area contributed by atoms with Crippen molar-refractivity contribution in [2.45, 2.75) is 59.2 Å². The van der Waals surface area contributed by atoms with Gasteiger partial charge in [-0.05, 0) is 38.2 Å². The minimum absolute atomic E-state index is 0.0198. The summed E-state index contributed by atoms with van der Waals surface area (Å²) in [4.78, 5) is 36.1. The molecule has 1 heterocycles. The molecule has 26 heavy (non-hydrogen) atoms. The van der Waals surface area contributed by atoms with Gasteiger partial charge in [0.25, 0.3) is 0 Å². The number of rotatable bonds is 5. The third-order valence-electron chi connectivity index (χ3n) is 5.17. The summed E-state index contributed by atoms with van der Waals surface area (Å²) in [5.74, 6) is -0.952. The van der Waals surface area contributed by atoms with Crippen molar-refractivity contribution in [2.24, 2.45) is 11.3 Å². The molecule has 142 valence electrons. The highest BCUT2D eigenvalue weighted by Crippen LogP contribution is 2.43. The van der Waals surface area contributed by atoms with E-state index in [9.17, 15) is 14.4 Å². The van der Waals surface area contributed by atoms with Gasteiger partial charge in [-0.3, -0.25) is 9.59 Å². The summed E-state index contributed by atoms with van der Waals surface area (Å²) >= 11 is 0. The predicted octanol–water partition coefficient (Wildman–Crippen LogP) is 4.01. The maximum Gasteiger partial charge on any atom is 0.516 e. The topological polar surface area (TPSA) is 78.9 Å². The standard InChI is InChI=1S/C20H26O6/c1-14(2)20(4)11-10-19(3,26-17(20)22)12-16(21)25-18(23)24-13-15-8-6-5-7-9-15/h5-9,14H,10-13H2,1-4H3. The largest absolute Gasteiger partial charge is 0.516 e. The molecule has 0 spiro atoms. The molecule has 6 nitrogen and oxygen atoms in total. The predicted molar refractivity (Wildman–Crippen MR) is 94.0 cm³/mol. The first-order valence-corrected chi connectivity index (χ1v) is 8.79. The second-order valence-electron chi connectivity index (χ2n) is 7.59. The fourth-order valence-corrected chi connectivity index (χ4v) is 2.85. The van der Waals surface area contributed by atoms with Crippen LogP contribution in [-0.2, 0) is 30.4 Å². The zero-order chi connectivity index (χ0) is 19.4. The van der Waals surface area contributed by atoms with Gasteiger partial charge in [-0.1, -0.05) is 44.2 Å². The first-order chi connectivity index (χ1) is 12.1. The lowest BCUT2D eigenvalue weighted by atomic mass is 9.71. The Morgan fingerprint density at radius 1 is 1.15 bits per heavy atom. The smallest absolute Gasteiger partial charge is 0.458 e. The molecule has 1 aromatic rings. The van der Waals surface area contributed by atoms with E-state index in [0.717, 1.165) is 5.56 Å². The van der Waals surface area contributed by atoms with E-state index < -0.39 is 23.1 Å². The van der Waals surface area contributed by atoms with Crippen molar-refractivity contribution < 1.29 is 28.6 Å². The van der Waals surface area contributed by atoms with Gasteiger partial charge in [0.05, 0.1) is 11.8 Å². The zero-order valence-electron chi connectivity index (χ0n) is 15.7. The average molecular weight is 362 g/mol. The fraction of sp³-hybridized carbons (Fsp3) is 0.550. The SMILES string of the molecule is CC(C)C1(C)CCC(C)(CC(=O)OC(=O)OCc2ccccc2)OC1=O. The van der Waals surface area contributed by atoms with E-state index in [1.165, 1.54) is 0 Å². The minimum atomic E-state index is -1.06. The van der Waals surface area contributed by atoms with Crippen molar-refractivity contribution in [3.63, 3.8) is 0 Å². The van der Waals surface area contributed by atoms with Crippen molar-refractivity contribution in [2.75, 3.05) is 0 Å². The lowest BCUT2D eigenvalue weighted by Gasteiger charge is -2.43. The molecular formula is C20H26O6. The summed E-state index contributed by atoms with van der Waals surface area (Å²) in [6.45, 7) is 7.52. The Balaban J connectivity index is 1.83. The number of hydrogen-bond donors (Lipinski definition) is 0. The van der Waals surface area contributed by atoms with E-state index in [-0.39, 0.29) is 24.9 Å². The summed E-state index contributed by atoms with van der Waals surface area (Å²) in [7, 11) is 0. The summed E-state index contributed by atoms with van der Waals surface area (Å²) < 4.78 is 15.1. The molecule has 2 unspecified atom stereocenters. The maximum absolute atomic E-state index is 12.4. The van der Waals surface area contributed by atoms with Gasteiger partial charge in [-0.25, -0.2) is 4.79 Å². The van der Waals surface area contributed by atoms with Gasteiger partial charge < -0.3 is 14.2 Å². The molecule has 1 aromatic carbocycles. The Hall–Kier alpha value is -2.37. The van der Waals surface area contributed by atoms with Gasteiger partial charge in [0, 0.05) is 0 Å². The molecular weight excluding hydrogens is 336 g/mol. The van der Waals surface area contributed by atoms with Crippen LogP contribution in [0.5, 0.6) is 0 Å². The molecule has 0 amide bonds. The molecule has 1 fully saturated rings. The molecule has 1 aliphatic heterocycles. The van der Waals surface area contributed by atoms with Gasteiger partial charge in [0.1, 0.15) is 12.2 Å². The summed E-state index contributed by atoms with van der Waals surface area (Å²) in [6, 6.07) is 9.07. The van der Waals surface area contributed by atoms with Crippen LogP contribution < -0.4 is 0 Å². The monoisotopic (exact) mass is 362 g/mol. The van der Waals surface area contributed by atoms with Gasteiger partial charge in [0.15, 0.2) is 0 Å². The van der Waals surface area contributed by atoms with Crippen LogP contribution in [0.15, 0.2) is 30.3 Å². The zero-order valence-corrected chi connectivity index (χ0v) is 15.7. The summed E-state index contributed by atoms with van der Waals surface area (Å²) in [5, 5.41) is 0. The first-order valence-electron chi connectivity index (χ1n) is 8.79. The van der Waals surface area contributed by atoms with Crippen LogP contribution in [0.2, 0.25) is 0 Å². The number of ether oxygens (including phenoxy) is 3. The molecule has 0 bridgehead atoms. The molecule has 0 aliphatic carbocycles. The molecule has 0 radical (unpaired) electrons. The normalized spacial score (nSPS) is 25.5. The van der Waals surface area contributed by atoms with Gasteiger partial charge in [-0.2, -0.15) is 0 Å². The van der Waals surface area contributed by atoms with Crippen LogP contribution >= 0.6 is 0 Å². The van der Waals surface area contributed by atoms with Crippen molar-refractivity contribution >= 4 is 18.1 Å². The molecule has 1 saturated heterocycles. The van der Waals surface area contributed by atoms with E-state index >= 15 is 0 Å². The third kappa shape index (κ3) is 4.84. The number of carbonyl (C=O) groups is 3. The van der Waals surface area contributed by atoms with Gasteiger partial charge >= 0.3 is 18.1 Å². The van der Waals surface area contributed by atoms with Crippen LogP contribution in [0, 0.1) is 11.3 Å². The Morgan fingerprint density at radius 2 is 1.81 bits per heavy atom. The lowest BCUT2D eigenvalue weighted by Crippen LogP contribution is -2.48. The second-order valence-corrected chi connectivity index (χ2v) is 7.59. The molecule has 0 N–H and O–H groups in total. The lowest BCUT2D eigenvalue weighted by molar-refractivity contribution is -0.188. The van der Waals surface area contributed by atoms with E-state index in [4.69, 9.17) is 9.47 Å². The highest BCUT2D eigenvalue weighted by molar-refractivity contribution is 5.83. The number of benzene rings is 1. The highest BCUT2D eigenvalue weighted by Gasteiger charge is 2.48. The van der Waals surface area contributed by atoms with E-state index in [0.29, 0.717) is 12.8 Å². The quantitative estimate of drug-likeness (QED) is 0.581. The number of cyclic esters (lactones) is 1. The fourth-order valence-electron chi connectivity index (χ4n) is 2.85. The van der Waals surface area contributed by atoms with Crippen LogP contribution in [0.3, 0.4) is 0 Å². The average Bonchev–Trinajstić information content (AvgIpc) is 2.57. The highest BCUT2D eigenvalue weighted by atomic mass is 16.7. The Morgan fingerprint density at radius 3 is 2.38 bits per heavy atom. The number of hydrogen-bond acceptors (Lipinski definition) is 6. The first kappa shape index (κ1) is 19.9. The third-order valence-corrected chi connectivity index (χ3v) is 5.17. The van der Waals surface area contributed by atoms with Crippen LogP contribution in [0.1, 0.15) is 52.5 Å². The molecule has 0 saturated carbocycles. The van der Waals surface area contributed by atoms with Crippen LogP contribution in [0.25, 0.3) is 0 Å². The van der Waals surface area contributed by atoms with Crippen LogP contribution in [0.4, 0.5) is 4.79 Å². The molecule has 2 rings (SSSR count). The van der Waals surface area contributed by atoms with E-state index in [1.54, 1.807) is 19.1 Å². The molecule has 0 aromatic heterocycles. The second kappa shape index (κ2) is 7.89. The van der Waals surface area contributed by atoms with Crippen molar-refractivity contribution in [1.82, 2.24) is 0 Å². The summed E-state index contributed by atoms with van der Waals surface area (Å²) in [5.41, 5.74) is -0.738. The van der Waals surface area contributed by atoms with Gasteiger partial charge in [-0.15, -0.1) is 0 Å². The Kier molecular flexibility index (Phi) is 6.05. The number of esters is 2. The summed E-state index contributed by atoms with van der Waals surface area (Å²) in [6.07, 6.45) is -0.0997. The minimum Gasteiger partial charge on any atom is -0.458 e. The molecule has 1 aliphatic rings. The number of carbonyl (C=O) groups excluding carboxylic acids is 3. The van der Waals surface area contributed by atoms with Gasteiger partial charge in [0.2, 0.25) is 0 Å². The molecule has 2 atom stereocenters. The van der Waals surface area contributed by atoms with Crippen molar-refractivity contribution in [3.8, 4) is 0 Å².